The van der Waals surface area contributed by atoms with E-state index < -0.39 is 0 Å². The molecule has 21 heavy (non-hydrogen) atoms. The first-order valence-electron chi connectivity index (χ1n) is 7.22. The molecule has 6 nitrogen and oxygen atoms in total. The number of aromatic nitrogens is 3. The highest BCUT2D eigenvalue weighted by Crippen LogP contribution is 2.39. The number of hydrogen-bond donors (Lipinski definition) is 2. The summed E-state index contributed by atoms with van der Waals surface area (Å²) in [5.74, 6) is 8.50. The number of nitrogen functional groups attached to an aromatic ring is 1. The minimum Gasteiger partial charge on any atom is -0.359 e. The van der Waals surface area contributed by atoms with Crippen molar-refractivity contribution in [2.45, 2.75) is 25.2 Å². The smallest absolute Gasteiger partial charge is 0.145 e. The van der Waals surface area contributed by atoms with Gasteiger partial charge in [-0.3, -0.25) is 4.98 Å². The van der Waals surface area contributed by atoms with Crippen LogP contribution in [-0.2, 0) is 6.42 Å². The van der Waals surface area contributed by atoms with Crippen LogP contribution >= 0.6 is 0 Å². The van der Waals surface area contributed by atoms with Crippen molar-refractivity contribution in [3.8, 4) is 0 Å². The number of rotatable bonds is 6. The predicted octanol–water partition coefficient (Wildman–Crippen LogP) is 1.71. The van der Waals surface area contributed by atoms with Crippen LogP contribution in [0.3, 0.4) is 0 Å². The number of hydrogen-bond acceptors (Lipinski definition) is 6. The molecular weight excluding hydrogens is 264 g/mol. The number of hydrazine groups is 1. The first-order valence-corrected chi connectivity index (χ1v) is 7.22. The van der Waals surface area contributed by atoms with Gasteiger partial charge in [0.2, 0.25) is 0 Å². The molecule has 2 heterocycles. The van der Waals surface area contributed by atoms with Gasteiger partial charge in [0.1, 0.15) is 17.5 Å². The quantitative estimate of drug-likeness (QED) is 0.621. The molecule has 1 aliphatic carbocycles. The summed E-state index contributed by atoms with van der Waals surface area (Å²) < 4.78 is 0. The zero-order valence-electron chi connectivity index (χ0n) is 12.2. The molecule has 0 aliphatic heterocycles. The number of likely N-dealkylation sites (N-methyl/N-ethyl adjacent to an activating group) is 1. The van der Waals surface area contributed by atoms with Crippen LogP contribution in [0.2, 0.25) is 0 Å². The Labute approximate surface area is 124 Å². The van der Waals surface area contributed by atoms with Crippen LogP contribution in [0.15, 0.2) is 30.6 Å². The molecule has 2 aromatic rings. The third-order valence-electron chi connectivity index (χ3n) is 3.70. The zero-order chi connectivity index (χ0) is 14.7. The number of nitrogens with two attached hydrogens (primary N) is 1. The van der Waals surface area contributed by atoms with Crippen LogP contribution in [0, 0.1) is 0 Å². The van der Waals surface area contributed by atoms with Gasteiger partial charge in [-0.1, -0.05) is 0 Å². The Bertz CT molecular complexity index is 596. The molecule has 0 aromatic carbocycles. The van der Waals surface area contributed by atoms with Crippen molar-refractivity contribution in [1.82, 2.24) is 15.0 Å². The van der Waals surface area contributed by atoms with Gasteiger partial charge in [0.05, 0.1) is 0 Å². The molecule has 1 saturated carbocycles. The Kier molecular flexibility index (Phi) is 3.96. The van der Waals surface area contributed by atoms with E-state index in [-0.39, 0.29) is 0 Å². The minimum absolute atomic E-state index is 0.505. The Morgan fingerprint density at radius 1 is 1.29 bits per heavy atom. The van der Waals surface area contributed by atoms with E-state index in [1.165, 1.54) is 18.4 Å². The summed E-state index contributed by atoms with van der Waals surface area (Å²) in [5, 5.41) is 0. The maximum absolute atomic E-state index is 5.51. The largest absolute Gasteiger partial charge is 0.359 e. The van der Waals surface area contributed by atoms with Gasteiger partial charge in [0.25, 0.3) is 0 Å². The molecular formula is C15H20N6. The minimum atomic E-state index is 0.505. The summed E-state index contributed by atoms with van der Waals surface area (Å²) in [6.07, 6.45) is 6.94. The summed E-state index contributed by atoms with van der Waals surface area (Å²) in [6, 6.07) is 5.96. The first kappa shape index (κ1) is 13.8. The second-order valence-corrected chi connectivity index (χ2v) is 5.42. The van der Waals surface area contributed by atoms with Gasteiger partial charge in [-0.15, -0.1) is 0 Å². The average Bonchev–Trinajstić information content (AvgIpc) is 3.38. The maximum atomic E-state index is 5.51. The number of nitrogens with zero attached hydrogens (tertiary/aromatic N) is 4. The van der Waals surface area contributed by atoms with Crippen molar-refractivity contribution >= 4 is 11.6 Å². The predicted molar refractivity (Wildman–Crippen MR) is 83.0 cm³/mol. The fourth-order valence-electron chi connectivity index (χ4n) is 2.21. The summed E-state index contributed by atoms with van der Waals surface area (Å²) >= 11 is 0. The highest BCUT2D eigenvalue weighted by atomic mass is 15.3. The van der Waals surface area contributed by atoms with Gasteiger partial charge in [-0.2, -0.15) is 0 Å². The van der Waals surface area contributed by atoms with E-state index >= 15 is 0 Å². The van der Waals surface area contributed by atoms with E-state index in [4.69, 9.17) is 5.84 Å². The summed E-state index contributed by atoms with van der Waals surface area (Å²) in [5.41, 5.74) is 3.90. The summed E-state index contributed by atoms with van der Waals surface area (Å²) in [6.45, 7) is 0.884. The zero-order valence-corrected chi connectivity index (χ0v) is 12.2. The molecule has 0 bridgehead atoms. The van der Waals surface area contributed by atoms with Gasteiger partial charge in [0, 0.05) is 38.0 Å². The maximum Gasteiger partial charge on any atom is 0.145 e. The molecule has 3 N–H and O–H groups in total. The van der Waals surface area contributed by atoms with Crippen LogP contribution in [-0.4, -0.2) is 28.5 Å². The van der Waals surface area contributed by atoms with E-state index in [9.17, 15) is 0 Å². The molecule has 2 aromatic heterocycles. The molecule has 3 rings (SSSR count). The van der Waals surface area contributed by atoms with Gasteiger partial charge in [-0.05, 0) is 37.0 Å². The molecule has 0 saturated heterocycles. The lowest BCUT2D eigenvalue weighted by atomic mass is 10.2. The number of nitrogens with one attached hydrogen (secondary N) is 1. The van der Waals surface area contributed by atoms with E-state index in [1.54, 1.807) is 0 Å². The standard InChI is InChI=1S/C15H20N6/c1-21(9-6-11-4-7-17-8-5-11)14-10-13(20-16)18-15(19-14)12-2-3-12/h4-5,7-8,10,12H,2-3,6,9,16H2,1H3,(H,18,19,20). The van der Waals surface area contributed by atoms with Crippen LogP contribution in [0.5, 0.6) is 0 Å². The molecule has 6 heteroatoms. The number of anilines is 2. The average molecular weight is 284 g/mol. The van der Waals surface area contributed by atoms with Crippen molar-refractivity contribution in [2.24, 2.45) is 5.84 Å². The van der Waals surface area contributed by atoms with Gasteiger partial charge in [0.15, 0.2) is 0 Å². The number of pyridine rings is 1. The van der Waals surface area contributed by atoms with Crippen molar-refractivity contribution in [3.63, 3.8) is 0 Å². The third kappa shape index (κ3) is 3.46. The van der Waals surface area contributed by atoms with Crippen molar-refractivity contribution in [2.75, 3.05) is 23.9 Å². The Morgan fingerprint density at radius 3 is 2.71 bits per heavy atom. The summed E-state index contributed by atoms with van der Waals surface area (Å²) in [4.78, 5) is 15.3. The highest BCUT2D eigenvalue weighted by molar-refractivity contribution is 5.49. The molecule has 0 spiro atoms. The molecule has 0 atom stereocenters. The van der Waals surface area contributed by atoms with Gasteiger partial charge < -0.3 is 10.3 Å². The van der Waals surface area contributed by atoms with E-state index in [0.717, 1.165) is 24.6 Å². The fraction of sp³-hybridized carbons (Fsp3) is 0.400. The van der Waals surface area contributed by atoms with Crippen molar-refractivity contribution in [3.05, 3.63) is 42.0 Å². The molecule has 1 fully saturated rings. The first-order chi connectivity index (χ1) is 10.3. The molecule has 0 unspecified atom stereocenters. The molecule has 110 valence electrons. The highest BCUT2D eigenvalue weighted by Gasteiger charge is 2.27. The van der Waals surface area contributed by atoms with Gasteiger partial charge in [-0.25, -0.2) is 15.8 Å². The molecule has 0 radical (unpaired) electrons. The normalized spacial score (nSPS) is 14.0. The van der Waals surface area contributed by atoms with E-state index in [2.05, 4.69) is 25.3 Å². The molecule has 0 amide bonds. The lowest BCUT2D eigenvalue weighted by molar-refractivity contribution is 0.833. The van der Waals surface area contributed by atoms with Gasteiger partial charge >= 0.3 is 0 Å². The Balaban J connectivity index is 1.71. The summed E-state index contributed by atoms with van der Waals surface area (Å²) in [7, 11) is 2.04. The third-order valence-corrected chi connectivity index (χ3v) is 3.70. The topological polar surface area (TPSA) is 80.0 Å². The molecule has 1 aliphatic rings. The van der Waals surface area contributed by atoms with Crippen LogP contribution in [0.4, 0.5) is 11.6 Å². The second kappa shape index (κ2) is 6.05. The fourth-order valence-corrected chi connectivity index (χ4v) is 2.21. The lowest BCUT2D eigenvalue weighted by Gasteiger charge is -2.19. The second-order valence-electron chi connectivity index (χ2n) is 5.42. The Morgan fingerprint density at radius 2 is 2.05 bits per heavy atom. The monoisotopic (exact) mass is 284 g/mol. The van der Waals surface area contributed by atoms with Crippen LogP contribution < -0.4 is 16.2 Å². The van der Waals surface area contributed by atoms with E-state index in [1.807, 2.05) is 37.6 Å². The van der Waals surface area contributed by atoms with Crippen molar-refractivity contribution < 1.29 is 0 Å². The SMILES string of the molecule is CN(CCc1ccncc1)c1cc(NN)nc(C2CC2)n1. The van der Waals surface area contributed by atoms with Crippen molar-refractivity contribution in [1.29, 1.82) is 0 Å². The van der Waals surface area contributed by atoms with E-state index in [0.29, 0.717) is 11.7 Å². The van der Waals surface area contributed by atoms with Crippen LogP contribution in [0.1, 0.15) is 30.1 Å². The lowest BCUT2D eigenvalue weighted by Crippen LogP contribution is -2.23. The Hall–Kier alpha value is -2.21. The van der Waals surface area contributed by atoms with Crippen LogP contribution in [0.25, 0.3) is 0 Å².